The van der Waals surface area contributed by atoms with Gasteiger partial charge in [0.25, 0.3) is 0 Å². The molecule has 2 aliphatic rings. The molecule has 4 heteroatoms. The zero-order valence-corrected chi connectivity index (χ0v) is 10.5. The van der Waals surface area contributed by atoms with Crippen LogP contribution in [-0.2, 0) is 0 Å². The van der Waals surface area contributed by atoms with Crippen LogP contribution < -0.4 is 5.73 Å². The van der Waals surface area contributed by atoms with E-state index in [9.17, 15) is 0 Å². The molecule has 0 bridgehead atoms. The highest BCUT2D eigenvalue weighted by Crippen LogP contribution is 2.24. The van der Waals surface area contributed by atoms with Crippen molar-refractivity contribution in [3.05, 3.63) is 0 Å². The summed E-state index contributed by atoms with van der Waals surface area (Å²) in [6.07, 6.45) is 2.73. The van der Waals surface area contributed by atoms with Gasteiger partial charge >= 0.3 is 0 Å². The minimum Gasteiger partial charge on any atom is -0.329 e. The van der Waals surface area contributed by atoms with Crippen molar-refractivity contribution in [1.29, 1.82) is 0 Å². The van der Waals surface area contributed by atoms with Gasteiger partial charge in [-0.1, -0.05) is 0 Å². The maximum Gasteiger partial charge on any atom is 0.0349 e. The van der Waals surface area contributed by atoms with E-state index in [1.807, 2.05) is 0 Å². The molecule has 0 saturated carbocycles. The summed E-state index contributed by atoms with van der Waals surface area (Å²) in [6, 6.07) is 1.41. The van der Waals surface area contributed by atoms with E-state index < -0.39 is 0 Å². The molecule has 2 fully saturated rings. The van der Waals surface area contributed by atoms with E-state index in [-0.39, 0.29) is 0 Å². The minimum absolute atomic E-state index is 0.594. The van der Waals surface area contributed by atoms with Gasteiger partial charge in [-0.05, 0) is 31.4 Å². The van der Waals surface area contributed by atoms with Gasteiger partial charge in [0.2, 0.25) is 0 Å². The molecule has 2 N–H and O–H groups in total. The number of thioether (sulfide) groups is 1. The number of nitrogens with zero attached hydrogens (tertiary/aromatic N) is 2. The van der Waals surface area contributed by atoms with Crippen molar-refractivity contribution in [2.24, 2.45) is 5.73 Å². The van der Waals surface area contributed by atoms with Crippen molar-refractivity contribution >= 4 is 11.8 Å². The quantitative estimate of drug-likeness (QED) is 0.745. The van der Waals surface area contributed by atoms with E-state index in [1.54, 1.807) is 0 Å². The van der Waals surface area contributed by atoms with E-state index in [4.69, 9.17) is 5.73 Å². The monoisotopic (exact) mass is 229 g/mol. The molecular formula is C11H23N3S. The molecule has 1 unspecified atom stereocenters. The third-order valence-electron chi connectivity index (χ3n) is 3.66. The molecule has 0 spiro atoms. The molecule has 0 aromatic heterocycles. The van der Waals surface area contributed by atoms with Crippen LogP contribution in [0.5, 0.6) is 0 Å². The van der Waals surface area contributed by atoms with E-state index in [0.717, 1.165) is 19.1 Å². The van der Waals surface area contributed by atoms with Crippen molar-refractivity contribution in [3.63, 3.8) is 0 Å². The van der Waals surface area contributed by atoms with Gasteiger partial charge < -0.3 is 10.6 Å². The minimum atomic E-state index is 0.594. The second-order valence-corrected chi connectivity index (χ2v) is 5.96. The lowest BCUT2D eigenvalue weighted by atomic mass is 10.0. The number of nitrogens with two attached hydrogens (primary N) is 1. The number of hydrogen-bond donors (Lipinski definition) is 1. The first-order chi connectivity index (χ1) is 7.31. The molecule has 0 aromatic rings. The molecule has 0 radical (unpaired) electrons. The zero-order chi connectivity index (χ0) is 10.7. The van der Waals surface area contributed by atoms with Crippen LogP contribution in [-0.4, -0.2) is 66.6 Å². The molecule has 3 nitrogen and oxygen atoms in total. The highest BCUT2D eigenvalue weighted by Gasteiger charge is 2.30. The summed E-state index contributed by atoms with van der Waals surface area (Å²) in [7, 11) is 2.21. The fourth-order valence-corrected chi connectivity index (χ4v) is 3.81. The molecule has 88 valence electrons. The van der Waals surface area contributed by atoms with Gasteiger partial charge in [0.1, 0.15) is 0 Å². The standard InChI is InChI=1S/C11H23N3S/c1-13-4-5-14(11(8-12)9-13)10-2-6-15-7-3-10/h10-11H,2-9,12H2,1H3. The van der Waals surface area contributed by atoms with Crippen molar-refractivity contribution in [2.45, 2.75) is 24.9 Å². The maximum absolute atomic E-state index is 5.89. The van der Waals surface area contributed by atoms with Gasteiger partial charge in [0.05, 0.1) is 0 Å². The van der Waals surface area contributed by atoms with E-state index in [0.29, 0.717) is 6.04 Å². The summed E-state index contributed by atoms with van der Waals surface area (Å²) in [5, 5.41) is 0. The fourth-order valence-electron chi connectivity index (χ4n) is 2.73. The van der Waals surface area contributed by atoms with Crippen LogP contribution in [0.1, 0.15) is 12.8 Å². The van der Waals surface area contributed by atoms with Crippen molar-refractivity contribution in [2.75, 3.05) is 44.7 Å². The number of hydrogen-bond acceptors (Lipinski definition) is 4. The second kappa shape index (κ2) is 5.53. The summed E-state index contributed by atoms with van der Waals surface area (Å²) in [6.45, 7) is 4.39. The fraction of sp³-hybridized carbons (Fsp3) is 1.00. The number of likely N-dealkylation sites (N-methyl/N-ethyl adjacent to an activating group) is 1. The predicted octanol–water partition coefficient (Wildman–Crippen LogP) is 0.457. The Bertz CT molecular complexity index is 192. The summed E-state index contributed by atoms with van der Waals surface area (Å²) in [4.78, 5) is 5.09. The van der Waals surface area contributed by atoms with Gasteiger partial charge in [-0.3, -0.25) is 4.90 Å². The number of rotatable bonds is 2. The Labute approximate surface area is 97.4 Å². The van der Waals surface area contributed by atoms with Crippen molar-refractivity contribution in [1.82, 2.24) is 9.80 Å². The Balaban J connectivity index is 1.93. The second-order valence-electron chi connectivity index (χ2n) is 4.73. The number of piperazine rings is 1. The van der Waals surface area contributed by atoms with Crippen LogP contribution >= 0.6 is 11.8 Å². The predicted molar refractivity (Wildman–Crippen MR) is 67.4 cm³/mol. The molecule has 2 aliphatic heterocycles. The highest BCUT2D eigenvalue weighted by molar-refractivity contribution is 7.99. The molecule has 0 amide bonds. The Kier molecular flexibility index (Phi) is 4.31. The van der Waals surface area contributed by atoms with Gasteiger partial charge in [-0.15, -0.1) is 0 Å². The molecule has 1 atom stereocenters. The Morgan fingerprint density at radius 2 is 2.00 bits per heavy atom. The highest BCUT2D eigenvalue weighted by atomic mass is 32.2. The molecule has 0 aromatic carbocycles. The Morgan fingerprint density at radius 1 is 1.27 bits per heavy atom. The third kappa shape index (κ3) is 2.87. The van der Waals surface area contributed by atoms with Gasteiger partial charge in [0, 0.05) is 38.3 Å². The van der Waals surface area contributed by atoms with Crippen LogP contribution in [0.4, 0.5) is 0 Å². The first-order valence-corrected chi connectivity index (χ1v) is 7.19. The Hall–Kier alpha value is 0.230. The zero-order valence-electron chi connectivity index (χ0n) is 9.69. The lowest BCUT2D eigenvalue weighted by Gasteiger charge is -2.45. The summed E-state index contributed by atoms with van der Waals surface area (Å²) in [5.41, 5.74) is 5.89. The third-order valence-corrected chi connectivity index (χ3v) is 4.71. The van der Waals surface area contributed by atoms with Gasteiger partial charge in [-0.2, -0.15) is 11.8 Å². The first-order valence-electron chi connectivity index (χ1n) is 6.03. The van der Waals surface area contributed by atoms with Crippen LogP contribution in [0.15, 0.2) is 0 Å². The normalized spacial score (nSPS) is 32.0. The maximum atomic E-state index is 5.89. The van der Waals surface area contributed by atoms with E-state index >= 15 is 0 Å². The molecule has 2 heterocycles. The average molecular weight is 229 g/mol. The van der Waals surface area contributed by atoms with Crippen molar-refractivity contribution in [3.8, 4) is 0 Å². The summed E-state index contributed by atoms with van der Waals surface area (Å²) < 4.78 is 0. The average Bonchev–Trinajstić information content (AvgIpc) is 2.30. The smallest absolute Gasteiger partial charge is 0.0349 e. The van der Waals surface area contributed by atoms with Crippen LogP contribution in [0.2, 0.25) is 0 Å². The SMILES string of the molecule is CN1CCN(C2CCSCC2)C(CN)C1. The summed E-state index contributed by atoms with van der Waals surface area (Å²) in [5.74, 6) is 2.68. The van der Waals surface area contributed by atoms with Gasteiger partial charge in [0.15, 0.2) is 0 Å². The van der Waals surface area contributed by atoms with Gasteiger partial charge in [-0.25, -0.2) is 0 Å². The molecule has 2 rings (SSSR count). The Morgan fingerprint density at radius 3 is 2.67 bits per heavy atom. The molecule has 0 aliphatic carbocycles. The molecule has 15 heavy (non-hydrogen) atoms. The lowest BCUT2D eigenvalue weighted by Crippen LogP contribution is -2.58. The van der Waals surface area contributed by atoms with Crippen molar-refractivity contribution < 1.29 is 0 Å². The van der Waals surface area contributed by atoms with Crippen LogP contribution in [0, 0.1) is 0 Å². The van der Waals surface area contributed by atoms with Crippen LogP contribution in [0.3, 0.4) is 0 Å². The molecular weight excluding hydrogens is 206 g/mol. The van der Waals surface area contributed by atoms with E-state index in [2.05, 4.69) is 28.6 Å². The van der Waals surface area contributed by atoms with E-state index in [1.165, 1.54) is 37.4 Å². The topological polar surface area (TPSA) is 32.5 Å². The summed E-state index contributed by atoms with van der Waals surface area (Å²) >= 11 is 2.10. The molecule has 2 saturated heterocycles. The first kappa shape index (κ1) is 11.7. The lowest BCUT2D eigenvalue weighted by molar-refractivity contribution is 0.0527. The largest absolute Gasteiger partial charge is 0.329 e. The van der Waals surface area contributed by atoms with Crippen LogP contribution in [0.25, 0.3) is 0 Å².